The van der Waals surface area contributed by atoms with Crippen LogP contribution in [-0.2, 0) is 10.0 Å². The highest BCUT2D eigenvalue weighted by Crippen LogP contribution is 2.32. The van der Waals surface area contributed by atoms with Crippen LogP contribution in [0.1, 0.15) is 18.5 Å². The average Bonchev–Trinajstić information content (AvgIpc) is 2.61. The SMILES string of the molecule is C[C@@H](NC(=O)Nc1ccc(S(N)(=O)=O)cc1)c1ccc2c(c1)OCCO2. The maximum absolute atomic E-state index is 12.1. The number of sulfonamides is 1. The summed E-state index contributed by atoms with van der Waals surface area (Å²) in [6, 6.07) is 10.4. The molecule has 2 amide bonds. The minimum atomic E-state index is -3.76. The largest absolute Gasteiger partial charge is 0.486 e. The molecule has 138 valence electrons. The maximum atomic E-state index is 12.1. The monoisotopic (exact) mass is 377 g/mol. The number of amides is 2. The lowest BCUT2D eigenvalue weighted by molar-refractivity contribution is 0.171. The molecule has 1 aliphatic heterocycles. The van der Waals surface area contributed by atoms with Crippen molar-refractivity contribution in [2.45, 2.75) is 17.9 Å². The van der Waals surface area contributed by atoms with Crippen LogP contribution in [0.25, 0.3) is 0 Å². The van der Waals surface area contributed by atoms with Gasteiger partial charge in [-0.05, 0) is 48.9 Å². The summed E-state index contributed by atoms with van der Waals surface area (Å²) in [6.07, 6.45) is 0. The summed E-state index contributed by atoms with van der Waals surface area (Å²) in [5.41, 5.74) is 1.32. The van der Waals surface area contributed by atoms with Gasteiger partial charge < -0.3 is 20.1 Å². The molecule has 2 aromatic rings. The highest BCUT2D eigenvalue weighted by molar-refractivity contribution is 7.89. The Morgan fingerprint density at radius 1 is 1.08 bits per heavy atom. The van der Waals surface area contributed by atoms with Crippen LogP contribution in [0.15, 0.2) is 47.4 Å². The second-order valence-corrected chi connectivity index (χ2v) is 7.35. The Kier molecular flexibility index (Phi) is 5.01. The lowest BCUT2D eigenvalue weighted by Gasteiger charge is -2.21. The minimum Gasteiger partial charge on any atom is -0.486 e. The Bertz CT molecular complexity index is 912. The molecule has 3 rings (SSSR count). The molecule has 0 saturated carbocycles. The van der Waals surface area contributed by atoms with E-state index in [-0.39, 0.29) is 10.9 Å². The van der Waals surface area contributed by atoms with E-state index in [9.17, 15) is 13.2 Å². The number of primary sulfonamides is 1. The standard InChI is InChI=1S/C17H19N3O5S/c1-11(12-2-7-15-16(10-12)25-9-8-24-15)19-17(21)20-13-3-5-14(6-4-13)26(18,22)23/h2-7,10-11H,8-9H2,1H3,(H2,18,22,23)(H2,19,20,21)/t11-/m1/s1. The van der Waals surface area contributed by atoms with E-state index in [0.29, 0.717) is 30.4 Å². The Labute approximate surface area is 151 Å². The maximum Gasteiger partial charge on any atom is 0.319 e. The number of anilines is 1. The number of benzene rings is 2. The van der Waals surface area contributed by atoms with Gasteiger partial charge in [0.2, 0.25) is 10.0 Å². The summed E-state index contributed by atoms with van der Waals surface area (Å²) >= 11 is 0. The fraction of sp³-hybridized carbons (Fsp3) is 0.235. The molecule has 0 spiro atoms. The van der Waals surface area contributed by atoms with E-state index in [1.54, 1.807) is 0 Å². The predicted octanol–water partition coefficient (Wildman–Crippen LogP) is 1.99. The molecule has 0 aromatic heterocycles. The number of rotatable bonds is 4. The van der Waals surface area contributed by atoms with E-state index in [2.05, 4.69) is 10.6 Å². The highest BCUT2D eigenvalue weighted by atomic mass is 32.2. The van der Waals surface area contributed by atoms with Crippen LogP contribution in [-0.4, -0.2) is 27.7 Å². The quantitative estimate of drug-likeness (QED) is 0.753. The lowest BCUT2D eigenvalue weighted by atomic mass is 10.1. The van der Waals surface area contributed by atoms with Crippen LogP contribution >= 0.6 is 0 Å². The van der Waals surface area contributed by atoms with Gasteiger partial charge in [0.1, 0.15) is 13.2 Å². The van der Waals surface area contributed by atoms with Crippen molar-refractivity contribution in [1.29, 1.82) is 0 Å². The normalized spacial score (nSPS) is 14.4. The van der Waals surface area contributed by atoms with Crippen LogP contribution in [0, 0.1) is 0 Å². The first-order chi connectivity index (χ1) is 12.3. The van der Waals surface area contributed by atoms with Crippen LogP contribution in [0.4, 0.5) is 10.5 Å². The molecule has 0 unspecified atom stereocenters. The van der Waals surface area contributed by atoms with Gasteiger partial charge in [-0.1, -0.05) is 6.07 Å². The Balaban J connectivity index is 1.62. The van der Waals surface area contributed by atoms with E-state index in [1.165, 1.54) is 24.3 Å². The van der Waals surface area contributed by atoms with E-state index < -0.39 is 16.1 Å². The zero-order valence-corrected chi connectivity index (χ0v) is 14.9. The number of nitrogens with one attached hydrogen (secondary N) is 2. The van der Waals surface area contributed by atoms with Crippen LogP contribution in [0.2, 0.25) is 0 Å². The van der Waals surface area contributed by atoms with E-state index >= 15 is 0 Å². The third-order valence-corrected chi connectivity index (χ3v) is 4.78. The zero-order chi connectivity index (χ0) is 18.7. The summed E-state index contributed by atoms with van der Waals surface area (Å²) in [4.78, 5) is 12.1. The molecule has 26 heavy (non-hydrogen) atoms. The van der Waals surface area contributed by atoms with Crippen molar-refractivity contribution in [2.75, 3.05) is 18.5 Å². The summed E-state index contributed by atoms with van der Waals surface area (Å²) in [5.74, 6) is 1.34. The number of ether oxygens (including phenoxy) is 2. The molecule has 2 aromatic carbocycles. The number of hydrogen-bond acceptors (Lipinski definition) is 5. The van der Waals surface area contributed by atoms with Crippen LogP contribution < -0.4 is 25.2 Å². The number of hydrogen-bond donors (Lipinski definition) is 3. The number of fused-ring (bicyclic) bond motifs is 1. The van der Waals surface area contributed by atoms with Crippen molar-refractivity contribution in [1.82, 2.24) is 5.32 Å². The van der Waals surface area contributed by atoms with Gasteiger partial charge in [-0.15, -0.1) is 0 Å². The van der Waals surface area contributed by atoms with Crippen molar-refractivity contribution in [3.05, 3.63) is 48.0 Å². The first-order valence-electron chi connectivity index (χ1n) is 7.93. The second-order valence-electron chi connectivity index (χ2n) is 5.79. The summed E-state index contributed by atoms with van der Waals surface area (Å²) in [5, 5.41) is 10.5. The van der Waals surface area contributed by atoms with Crippen molar-refractivity contribution in [3.63, 3.8) is 0 Å². The molecule has 1 atom stereocenters. The van der Waals surface area contributed by atoms with Crippen molar-refractivity contribution >= 4 is 21.7 Å². The Hall–Kier alpha value is -2.78. The van der Waals surface area contributed by atoms with Gasteiger partial charge in [0.25, 0.3) is 0 Å². The van der Waals surface area contributed by atoms with Crippen molar-refractivity contribution < 1.29 is 22.7 Å². The molecular formula is C17H19N3O5S. The Morgan fingerprint density at radius 2 is 1.73 bits per heavy atom. The lowest BCUT2D eigenvalue weighted by Crippen LogP contribution is -2.31. The van der Waals surface area contributed by atoms with Crippen molar-refractivity contribution in [3.8, 4) is 11.5 Å². The summed E-state index contributed by atoms with van der Waals surface area (Å²) in [6.45, 7) is 2.86. The van der Waals surface area contributed by atoms with Gasteiger partial charge in [-0.2, -0.15) is 0 Å². The van der Waals surface area contributed by atoms with E-state index in [1.807, 2.05) is 25.1 Å². The molecule has 8 nitrogen and oxygen atoms in total. The molecule has 0 bridgehead atoms. The third-order valence-electron chi connectivity index (χ3n) is 3.85. The average molecular weight is 377 g/mol. The molecule has 0 radical (unpaired) electrons. The smallest absolute Gasteiger partial charge is 0.319 e. The molecule has 0 saturated heterocycles. The predicted molar refractivity (Wildman–Crippen MR) is 95.8 cm³/mol. The minimum absolute atomic E-state index is 0.0203. The molecule has 0 fully saturated rings. The number of carbonyl (C=O) groups excluding carboxylic acids is 1. The number of nitrogens with two attached hydrogens (primary N) is 1. The molecule has 4 N–H and O–H groups in total. The van der Waals surface area contributed by atoms with E-state index in [4.69, 9.17) is 14.6 Å². The van der Waals surface area contributed by atoms with Gasteiger partial charge in [-0.3, -0.25) is 0 Å². The van der Waals surface area contributed by atoms with Gasteiger partial charge in [0.05, 0.1) is 10.9 Å². The van der Waals surface area contributed by atoms with Crippen LogP contribution in [0.5, 0.6) is 11.5 Å². The molecule has 9 heteroatoms. The second kappa shape index (κ2) is 7.22. The number of urea groups is 1. The van der Waals surface area contributed by atoms with Gasteiger partial charge in [0, 0.05) is 5.69 Å². The number of carbonyl (C=O) groups is 1. The van der Waals surface area contributed by atoms with Crippen LogP contribution in [0.3, 0.4) is 0 Å². The molecule has 1 aliphatic rings. The first kappa shape index (κ1) is 18.0. The van der Waals surface area contributed by atoms with Gasteiger partial charge in [-0.25, -0.2) is 18.4 Å². The molecular weight excluding hydrogens is 358 g/mol. The van der Waals surface area contributed by atoms with Gasteiger partial charge in [0.15, 0.2) is 11.5 Å². The summed E-state index contributed by atoms with van der Waals surface area (Å²) in [7, 11) is -3.76. The zero-order valence-electron chi connectivity index (χ0n) is 14.1. The van der Waals surface area contributed by atoms with E-state index in [0.717, 1.165) is 5.56 Å². The topological polar surface area (TPSA) is 120 Å². The first-order valence-corrected chi connectivity index (χ1v) is 9.47. The third kappa shape index (κ3) is 4.24. The van der Waals surface area contributed by atoms with Gasteiger partial charge >= 0.3 is 6.03 Å². The Morgan fingerprint density at radius 3 is 2.38 bits per heavy atom. The highest BCUT2D eigenvalue weighted by Gasteiger charge is 2.16. The molecule has 0 aliphatic carbocycles. The van der Waals surface area contributed by atoms with Crippen molar-refractivity contribution in [2.24, 2.45) is 5.14 Å². The molecule has 1 heterocycles. The fourth-order valence-electron chi connectivity index (χ4n) is 2.50. The fourth-order valence-corrected chi connectivity index (χ4v) is 3.02. The summed E-state index contributed by atoms with van der Waals surface area (Å²) < 4.78 is 33.5.